The van der Waals surface area contributed by atoms with Gasteiger partial charge in [0.2, 0.25) is 0 Å². The van der Waals surface area contributed by atoms with Gasteiger partial charge in [-0.15, -0.1) is 0 Å². The van der Waals surface area contributed by atoms with Crippen LogP contribution in [0.2, 0.25) is 0 Å². The molecule has 2 saturated heterocycles. The molecule has 2 heterocycles. The van der Waals surface area contributed by atoms with E-state index in [9.17, 15) is 9.59 Å². The number of thioether (sulfide) groups is 1. The number of ether oxygens (including phenoxy) is 5. The van der Waals surface area contributed by atoms with Crippen LogP contribution < -0.4 is 0 Å². The Morgan fingerprint density at radius 2 is 1.73 bits per heavy atom. The molecule has 41 heavy (non-hydrogen) atoms. The smallest absolute Gasteiger partial charge is 0.305 e. The summed E-state index contributed by atoms with van der Waals surface area (Å²) in [6.45, 7) is 5.41. The van der Waals surface area contributed by atoms with Crippen LogP contribution in [-0.2, 0) is 33.3 Å². The Bertz CT molecular complexity index is 803. The number of hydrogen-bond acceptors (Lipinski definition) is 8. The molecule has 234 valence electrons. The number of esters is 1. The molecule has 2 aliphatic heterocycles. The van der Waals surface area contributed by atoms with Crippen molar-refractivity contribution in [2.45, 2.75) is 140 Å². The van der Waals surface area contributed by atoms with Crippen LogP contribution in [0.25, 0.3) is 0 Å². The van der Waals surface area contributed by atoms with Gasteiger partial charge in [0.1, 0.15) is 0 Å². The van der Waals surface area contributed by atoms with Gasteiger partial charge in [-0.05, 0) is 76.5 Å². The van der Waals surface area contributed by atoms with Crippen molar-refractivity contribution in [3.63, 3.8) is 0 Å². The third kappa shape index (κ3) is 12.9. The standard InChI is InChI=1S/C33H54O7S/c1-4-5-8-15-26(39-32-18-11-13-22-37-32)20-21-27-28(16-9-6-7-10-17-31(35)36-3)30(41-25(2)34)24-29(27)40-33-19-12-14-23-38-33/h6-7,20-21,26-30,32-33H,4-5,8-19,22-24H2,1-3H3/b7-6-,21-20+/t26-,27+,28+,29+,30-,32?,33?/m0/s1. The Morgan fingerprint density at radius 1 is 1.00 bits per heavy atom. The highest BCUT2D eigenvalue weighted by molar-refractivity contribution is 8.14. The fraction of sp³-hybridized carbons (Fsp3) is 0.818. The summed E-state index contributed by atoms with van der Waals surface area (Å²) < 4.78 is 29.8. The zero-order valence-electron chi connectivity index (χ0n) is 25.6. The monoisotopic (exact) mass is 594 g/mol. The largest absolute Gasteiger partial charge is 0.469 e. The van der Waals surface area contributed by atoms with E-state index >= 15 is 0 Å². The second-order valence-electron chi connectivity index (χ2n) is 11.6. The second kappa shape index (κ2) is 19.9. The highest BCUT2D eigenvalue weighted by Gasteiger charge is 2.44. The third-order valence-corrected chi connectivity index (χ3v) is 9.51. The van der Waals surface area contributed by atoms with Crippen LogP contribution in [0.4, 0.5) is 0 Å². The number of carbonyl (C=O) groups is 2. The van der Waals surface area contributed by atoms with Gasteiger partial charge in [0.15, 0.2) is 17.7 Å². The lowest BCUT2D eigenvalue weighted by atomic mass is 9.89. The molecule has 0 N–H and O–H groups in total. The summed E-state index contributed by atoms with van der Waals surface area (Å²) >= 11 is 1.46. The predicted octanol–water partition coefficient (Wildman–Crippen LogP) is 7.52. The first-order chi connectivity index (χ1) is 20.0. The summed E-state index contributed by atoms with van der Waals surface area (Å²) in [5, 5.41) is 0.349. The Kier molecular flexibility index (Phi) is 16.6. The Balaban J connectivity index is 1.75. The van der Waals surface area contributed by atoms with Gasteiger partial charge in [-0.3, -0.25) is 9.59 Å². The van der Waals surface area contributed by atoms with Crippen molar-refractivity contribution in [3.8, 4) is 0 Å². The number of unbranched alkanes of at least 4 members (excludes halogenated alkanes) is 2. The molecule has 0 amide bonds. The van der Waals surface area contributed by atoms with Gasteiger partial charge in [-0.25, -0.2) is 0 Å². The topological polar surface area (TPSA) is 80.3 Å². The Morgan fingerprint density at radius 3 is 2.39 bits per heavy atom. The van der Waals surface area contributed by atoms with Gasteiger partial charge in [-0.1, -0.05) is 62.3 Å². The van der Waals surface area contributed by atoms with Crippen LogP contribution in [-0.4, -0.2) is 61.4 Å². The van der Waals surface area contributed by atoms with Crippen molar-refractivity contribution in [2.75, 3.05) is 20.3 Å². The van der Waals surface area contributed by atoms with Gasteiger partial charge in [-0.2, -0.15) is 0 Å². The quantitative estimate of drug-likeness (QED) is 0.0972. The lowest BCUT2D eigenvalue weighted by molar-refractivity contribution is -0.192. The Labute approximate surface area is 252 Å². The lowest BCUT2D eigenvalue weighted by Gasteiger charge is -2.30. The molecule has 0 aromatic heterocycles. The summed E-state index contributed by atoms with van der Waals surface area (Å²) in [6, 6.07) is 0. The summed E-state index contributed by atoms with van der Waals surface area (Å²) in [5.41, 5.74) is 0. The highest BCUT2D eigenvalue weighted by Crippen LogP contribution is 2.45. The van der Waals surface area contributed by atoms with Gasteiger partial charge in [0, 0.05) is 37.7 Å². The minimum absolute atomic E-state index is 0.00160. The fourth-order valence-corrected chi connectivity index (χ4v) is 7.34. The summed E-state index contributed by atoms with van der Waals surface area (Å²) in [5.74, 6) is 0.277. The van der Waals surface area contributed by atoms with Crippen molar-refractivity contribution in [1.29, 1.82) is 0 Å². The molecule has 8 heteroatoms. The highest BCUT2D eigenvalue weighted by atomic mass is 32.2. The summed E-state index contributed by atoms with van der Waals surface area (Å²) in [4.78, 5) is 23.7. The van der Waals surface area contributed by atoms with Gasteiger partial charge in [0.25, 0.3) is 0 Å². The average molecular weight is 595 g/mol. The second-order valence-corrected chi connectivity index (χ2v) is 13.0. The molecule has 7 atom stereocenters. The first-order valence-electron chi connectivity index (χ1n) is 16.1. The van der Waals surface area contributed by atoms with Crippen molar-refractivity contribution in [1.82, 2.24) is 0 Å². The molecule has 0 aromatic carbocycles. The van der Waals surface area contributed by atoms with Crippen LogP contribution in [0.5, 0.6) is 0 Å². The number of rotatable bonds is 17. The molecule has 3 fully saturated rings. The molecule has 7 nitrogen and oxygen atoms in total. The molecule has 0 bridgehead atoms. The predicted molar refractivity (Wildman–Crippen MR) is 163 cm³/mol. The molecule has 0 radical (unpaired) electrons. The van der Waals surface area contributed by atoms with Crippen LogP contribution >= 0.6 is 11.8 Å². The fourth-order valence-electron chi connectivity index (χ4n) is 6.14. The van der Waals surface area contributed by atoms with E-state index in [4.69, 9.17) is 23.7 Å². The summed E-state index contributed by atoms with van der Waals surface area (Å²) in [7, 11) is 1.42. The third-order valence-electron chi connectivity index (χ3n) is 8.33. The number of carbonyl (C=O) groups excluding carboxylic acids is 2. The van der Waals surface area contributed by atoms with Gasteiger partial charge >= 0.3 is 5.97 Å². The maximum Gasteiger partial charge on any atom is 0.305 e. The normalized spacial score (nSPS) is 29.7. The van der Waals surface area contributed by atoms with Crippen molar-refractivity contribution < 1.29 is 33.3 Å². The molecule has 1 aliphatic carbocycles. The number of hydrogen-bond donors (Lipinski definition) is 0. The molecule has 0 aromatic rings. The minimum atomic E-state index is -0.187. The maximum absolute atomic E-state index is 12.3. The SMILES string of the molecule is CCCCC[C@@H](/C=C/[C@@H]1[C@@H](CC/C=C\CCC(=O)OC)[C@@H](SC(C)=O)C[C@H]1OC1CCCCO1)OC1CCCCO1. The molecular weight excluding hydrogens is 540 g/mol. The first kappa shape index (κ1) is 34.3. The lowest BCUT2D eigenvalue weighted by Crippen LogP contribution is -2.31. The van der Waals surface area contributed by atoms with E-state index < -0.39 is 0 Å². The number of allylic oxidation sites excluding steroid dienone is 2. The average Bonchev–Trinajstić information content (AvgIpc) is 3.28. The van der Waals surface area contributed by atoms with E-state index in [2.05, 4.69) is 31.2 Å². The van der Waals surface area contributed by atoms with E-state index in [1.54, 1.807) is 6.92 Å². The van der Waals surface area contributed by atoms with E-state index in [-0.39, 0.29) is 47.0 Å². The zero-order valence-corrected chi connectivity index (χ0v) is 26.5. The van der Waals surface area contributed by atoms with Crippen molar-refractivity contribution in [3.05, 3.63) is 24.3 Å². The van der Waals surface area contributed by atoms with Crippen LogP contribution in [0.1, 0.15) is 110 Å². The molecule has 2 unspecified atom stereocenters. The van der Waals surface area contributed by atoms with Crippen molar-refractivity contribution in [2.24, 2.45) is 11.8 Å². The Hall–Kier alpha value is -1.19. The number of methoxy groups -OCH3 is 1. The van der Waals surface area contributed by atoms with E-state index in [0.29, 0.717) is 18.8 Å². The van der Waals surface area contributed by atoms with Gasteiger partial charge in [0.05, 0.1) is 19.3 Å². The van der Waals surface area contributed by atoms with Crippen molar-refractivity contribution >= 4 is 22.8 Å². The first-order valence-corrected chi connectivity index (χ1v) is 17.0. The molecule has 0 spiro atoms. The van der Waals surface area contributed by atoms with Crippen LogP contribution in [0.3, 0.4) is 0 Å². The van der Waals surface area contributed by atoms with E-state index in [1.165, 1.54) is 31.7 Å². The molecular formula is C33H54O7S. The minimum Gasteiger partial charge on any atom is -0.469 e. The zero-order chi connectivity index (χ0) is 29.3. The van der Waals surface area contributed by atoms with E-state index in [1.807, 2.05) is 0 Å². The maximum atomic E-state index is 12.3. The summed E-state index contributed by atoms with van der Waals surface area (Å²) in [6.07, 6.45) is 23.1. The molecule has 3 aliphatic rings. The molecule has 1 saturated carbocycles. The van der Waals surface area contributed by atoms with Crippen LogP contribution in [0.15, 0.2) is 24.3 Å². The molecule has 3 rings (SSSR count). The van der Waals surface area contributed by atoms with Gasteiger partial charge < -0.3 is 23.7 Å². The van der Waals surface area contributed by atoms with Crippen LogP contribution in [0, 0.1) is 11.8 Å². The van der Waals surface area contributed by atoms with E-state index in [0.717, 1.165) is 83.8 Å².